The third kappa shape index (κ3) is 4.93. The fraction of sp³-hybridized carbons (Fsp3) is 0.316. The number of carbonyl (C=O) groups is 2. The van der Waals surface area contributed by atoms with Crippen LogP contribution in [0, 0.1) is 11.7 Å². The molecule has 0 spiro atoms. The Labute approximate surface area is 155 Å². The van der Waals surface area contributed by atoms with Crippen LogP contribution in [0.25, 0.3) is 0 Å². The molecule has 1 aromatic heterocycles. The number of pyridine rings is 1. The summed E-state index contributed by atoms with van der Waals surface area (Å²) in [6, 6.07) is 7.45. The quantitative estimate of drug-likeness (QED) is 0.841. The number of aliphatic carboxylic acids is 1. The first kappa shape index (κ1) is 18.6. The van der Waals surface area contributed by atoms with Gasteiger partial charge in [0.2, 0.25) is 0 Å². The smallest absolute Gasteiger partial charge is 0.317 e. The number of nitrogens with zero attached hydrogens (tertiary/aromatic N) is 2. The van der Waals surface area contributed by atoms with Gasteiger partial charge in [0.05, 0.1) is 12.1 Å². The molecule has 1 aliphatic rings. The predicted molar refractivity (Wildman–Crippen MR) is 94.9 cm³/mol. The molecule has 2 aromatic rings. The topological polar surface area (TPSA) is 91.8 Å². The number of carboxylic acid groups (broad SMARTS) is 1. The number of ether oxygens (including phenoxy) is 1. The van der Waals surface area contributed by atoms with Gasteiger partial charge in [-0.05, 0) is 42.7 Å². The number of nitrogens with one attached hydrogen (secondary N) is 1. The Bertz CT molecular complexity index is 816. The van der Waals surface area contributed by atoms with E-state index in [1.165, 1.54) is 23.2 Å². The van der Waals surface area contributed by atoms with Gasteiger partial charge in [0.15, 0.2) is 11.6 Å². The number of urea groups is 1. The zero-order valence-corrected chi connectivity index (χ0v) is 14.6. The molecule has 1 aliphatic heterocycles. The van der Waals surface area contributed by atoms with Gasteiger partial charge in [0.25, 0.3) is 0 Å². The maximum atomic E-state index is 14.2. The van der Waals surface area contributed by atoms with Gasteiger partial charge in [-0.1, -0.05) is 6.07 Å². The van der Waals surface area contributed by atoms with Crippen molar-refractivity contribution >= 4 is 12.0 Å². The van der Waals surface area contributed by atoms with Crippen LogP contribution in [0.5, 0.6) is 11.5 Å². The fourth-order valence-corrected chi connectivity index (χ4v) is 2.92. The average Bonchev–Trinajstić information content (AvgIpc) is 2.69. The molecule has 1 aromatic carbocycles. The second kappa shape index (κ2) is 8.48. The third-order valence-corrected chi connectivity index (χ3v) is 4.36. The van der Waals surface area contributed by atoms with E-state index in [4.69, 9.17) is 9.84 Å². The number of carbonyl (C=O) groups excluding carboxylic acids is 1. The van der Waals surface area contributed by atoms with E-state index >= 15 is 0 Å². The van der Waals surface area contributed by atoms with E-state index in [0.29, 0.717) is 30.7 Å². The Morgan fingerprint density at radius 3 is 2.93 bits per heavy atom. The Balaban J connectivity index is 1.56. The molecule has 1 saturated heterocycles. The standard InChI is InChI=1S/C19H20FN3O4/c20-16-9-13(5-6-17(16)27-15-4-1-7-21-11-15)10-22-19(26)23-8-2-3-14(12-23)18(24)25/h1,4-7,9,11,14H,2-3,8,10,12H2,(H,22,26)(H,24,25). The lowest BCUT2D eigenvalue weighted by molar-refractivity contribution is -0.143. The van der Waals surface area contributed by atoms with Gasteiger partial charge in [0, 0.05) is 25.8 Å². The van der Waals surface area contributed by atoms with E-state index in [1.54, 1.807) is 24.4 Å². The van der Waals surface area contributed by atoms with Gasteiger partial charge in [-0.15, -0.1) is 0 Å². The van der Waals surface area contributed by atoms with Crippen LogP contribution >= 0.6 is 0 Å². The van der Waals surface area contributed by atoms with Crippen LogP contribution in [0.1, 0.15) is 18.4 Å². The first-order chi connectivity index (χ1) is 13.0. The van der Waals surface area contributed by atoms with Crippen molar-refractivity contribution in [3.05, 3.63) is 54.1 Å². The molecule has 2 amide bonds. The highest BCUT2D eigenvalue weighted by Crippen LogP contribution is 2.24. The van der Waals surface area contributed by atoms with E-state index in [-0.39, 0.29) is 24.9 Å². The van der Waals surface area contributed by atoms with Gasteiger partial charge in [-0.25, -0.2) is 9.18 Å². The maximum Gasteiger partial charge on any atom is 0.317 e. The molecule has 1 atom stereocenters. The molecule has 0 saturated carbocycles. The van der Waals surface area contributed by atoms with Gasteiger partial charge in [-0.2, -0.15) is 0 Å². The lowest BCUT2D eigenvalue weighted by Gasteiger charge is -2.30. The largest absolute Gasteiger partial charge is 0.481 e. The molecule has 0 aliphatic carbocycles. The zero-order chi connectivity index (χ0) is 19.2. The second-order valence-electron chi connectivity index (χ2n) is 6.34. The lowest BCUT2D eigenvalue weighted by Crippen LogP contribution is -2.46. The molecule has 7 nitrogen and oxygen atoms in total. The number of hydrogen-bond donors (Lipinski definition) is 2. The molecule has 2 heterocycles. The Morgan fingerprint density at radius 1 is 1.37 bits per heavy atom. The Morgan fingerprint density at radius 2 is 2.22 bits per heavy atom. The summed E-state index contributed by atoms with van der Waals surface area (Å²) in [6.45, 7) is 0.840. The monoisotopic (exact) mass is 373 g/mol. The molecule has 2 N–H and O–H groups in total. The molecule has 8 heteroatoms. The number of likely N-dealkylation sites (tertiary alicyclic amines) is 1. The minimum absolute atomic E-state index is 0.0680. The Kier molecular flexibility index (Phi) is 5.85. The van der Waals surface area contributed by atoms with E-state index < -0.39 is 17.7 Å². The summed E-state index contributed by atoms with van der Waals surface area (Å²) in [5.74, 6) is -1.48. The molecule has 1 fully saturated rings. The minimum Gasteiger partial charge on any atom is -0.481 e. The molecule has 0 radical (unpaired) electrons. The molecular weight excluding hydrogens is 353 g/mol. The van der Waals surface area contributed by atoms with Crippen LogP contribution in [-0.4, -0.2) is 40.1 Å². The summed E-state index contributed by atoms with van der Waals surface area (Å²) >= 11 is 0. The van der Waals surface area contributed by atoms with E-state index in [1.807, 2.05) is 0 Å². The summed E-state index contributed by atoms with van der Waals surface area (Å²) in [4.78, 5) is 28.7. The fourth-order valence-electron chi connectivity index (χ4n) is 2.92. The number of carboxylic acids is 1. The summed E-state index contributed by atoms with van der Waals surface area (Å²) < 4.78 is 19.7. The average molecular weight is 373 g/mol. The first-order valence-electron chi connectivity index (χ1n) is 8.65. The molecule has 0 bridgehead atoms. The SMILES string of the molecule is O=C(O)C1CCCN(C(=O)NCc2ccc(Oc3cccnc3)c(F)c2)C1. The number of halogens is 1. The number of benzene rings is 1. The van der Waals surface area contributed by atoms with Gasteiger partial charge >= 0.3 is 12.0 Å². The van der Waals surface area contributed by atoms with Crippen LogP contribution in [0.3, 0.4) is 0 Å². The van der Waals surface area contributed by atoms with Crippen molar-refractivity contribution in [1.82, 2.24) is 15.2 Å². The summed E-state index contributed by atoms with van der Waals surface area (Å²) in [6.07, 6.45) is 4.30. The van der Waals surface area contributed by atoms with Crippen molar-refractivity contribution < 1.29 is 23.8 Å². The highest BCUT2D eigenvalue weighted by atomic mass is 19.1. The number of piperidine rings is 1. The van der Waals surface area contributed by atoms with Crippen LogP contribution in [0.2, 0.25) is 0 Å². The molecular formula is C19H20FN3O4. The first-order valence-corrected chi connectivity index (χ1v) is 8.65. The van der Waals surface area contributed by atoms with Crippen molar-refractivity contribution in [2.24, 2.45) is 5.92 Å². The highest BCUT2D eigenvalue weighted by molar-refractivity contribution is 5.76. The van der Waals surface area contributed by atoms with Gasteiger partial charge in [-0.3, -0.25) is 9.78 Å². The predicted octanol–water partition coefficient (Wildman–Crippen LogP) is 3.02. The van der Waals surface area contributed by atoms with Crippen LogP contribution in [-0.2, 0) is 11.3 Å². The zero-order valence-electron chi connectivity index (χ0n) is 14.6. The van der Waals surface area contributed by atoms with Crippen LogP contribution < -0.4 is 10.1 Å². The summed E-state index contributed by atoms with van der Waals surface area (Å²) in [5, 5.41) is 11.8. The van der Waals surface area contributed by atoms with Crippen molar-refractivity contribution in [3.63, 3.8) is 0 Å². The molecule has 1 unspecified atom stereocenters. The summed E-state index contributed by atoms with van der Waals surface area (Å²) in [5.41, 5.74) is 0.575. The van der Waals surface area contributed by atoms with Crippen molar-refractivity contribution in [3.8, 4) is 11.5 Å². The van der Waals surface area contributed by atoms with E-state index in [0.717, 1.165) is 0 Å². The van der Waals surface area contributed by atoms with Crippen molar-refractivity contribution in [2.75, 3.05) is 13.1 Å². The van der Waals surface area contributed by atoms with Crippen LogP contribution in [0.4, 0.5) is 9.18 Å². The molecule has 27 heavy (non-hydrogen) atoms. The van der Waals surface area contributed by atoms with E-state index in [9.17, 15) is 14.0 Å². The van der Waals surface area contributed by atoms with Crippen molar-refractivity contribution in [2.45, 2.75) is 19.4 Å². The number of rotatable bonds is 5. The van der Waals surface area contributed by atoms with Gasteiger partial charge < -0.3 is 20.1 Å². The number of hydrogen-bond acceptors (Lipinski definition) is 4. The number of aromatic nitrogens is 1. The maximum absolute atomic E-state index is 14.2. The summed E-state index contributed by atoms with van der Waals surface area (Å²) in [7, 11) is 0. The van der Waals surface area contributed by atoms with Crippen molar-refractivity contribution in [1.29, 1.82) is 0 Å². The van der Waals surface area contributed by atoms with Crippen LogP contribution in [0.15, 0.2) is 42.7 Å². The lowest BCUT2D eigenvalue weighted by atomic mass is 9.99. The molecule has 142 valence electrons. The normalized spacial score (nSPS) is 16.6. The Hall–Kier alpha value is -3.16. The van der Waals surface area contributed by atoms with E-state index in [2.05, 4.69) is 10.3 Å². The third-order valence-electron chi connectivity index (χ3n) is 4.36. The minimum atomic E-state index is -0.890. The van der Waals surface area contributed by atoms with Gasteiger partial charge in [0.1, 0.15) is 5.75 Å². The second-order valence-corrected chi connectivity index (χ2v) is 6.34. The number of amides is 2. The highest BCUT2D eigenvalue weighted by Gasteiger charge is 2.27. The molecule has 3 rings (SSSR count).